The molecular weight excluding hydrogens is 458 g/mol. The van der Waals surface area contributed by atoms with Crippen LogP contribution in [0.25, 0.3) is 11.1 Å². The van der Waals surface area contributed by atoms with Crippen molar-refractivity contribution in [3.05, 3.63) is 45.6 Å². The highest BCUT2D eigenvalue weighted by Crippen LogP contribution is 2.50. The number of hydrogen-bond donors (Lipinski definition) is 2. The third-order valence-corrected chi connectivity index (χ3v) is 7.11. The molecule has 36 heavy (non-hydrogen) atoms. The Hall–Kier alpha value is -3.26. The first kappa shape index (κ1) is 25.8. The van der Waals surface area contributed by atoms with Crippen LogP contribution in [0.5, 0.6) is 17.2 Å². The molecule has 1 atom stereocenters. The number of aryl methyl sites for hydroxylation is 1. The number of nitrogens with zero attached hydrogens (tertiary/aromatic N) is 1. The number of carbonyl (C=O) groups is 1. The summed E-state index contributed by atoms with van der Waals surface area (Å²) in [5.41, 5.74) is 3.91. The fourth-order valence-corrected chi connectivity index (χ4v) is 5.39. The second kappa shape index (κ2) is 11.6. The highest BCUT2D eigenvalue weighted by atomic mass is 16.5. The lowest BCUT2D eigenvalue weighted by molar-refractivity contribution is -0.119. The zero-order valence-corrected chi connectivity index (χ0v) is 21.7. The number of hydrogen-bond acceptors (Lipinski definition) is 7. The van der Waals surface area contributed by atoms with Crippen LogP contribution in [0, 0.1) is 0 Å². The van der Waals surface area contributed by atoms with Gasteiger partial charge in [-0.25, -0.2) is 0 Å². The summed E-state index contributed by atoms with van der Waals surface area (Å²) < 4.78 is 17.1. The molecule has 1 aliphatic carbocycles. The minimum atomic E-state index is -0.312. The Morgan fingerprint density at radius 3 is 2.44 bits per heavy atom. The number of methoxy groups -OCH3 is 3. The second-order valence-electron chi connectivity index (χ2n) is 9.42. The SMILES string of the molecule is COc1cc2c(c(OC)c1OC)-c1ccc(NCCN3CCCCC3)c(=O)cc1[C@@H](NC(C)=O)CC2. The van der Waals surface area contributed by atoms with Crippen molar-refractivity contribution in [1.29, 1.82) is 0 Å². The Kier molecular flexibility index (Phi) is 8.36. The summed E-state index contributed by atoms with van der Waals surface area (Å²) in [5.74, 6) is 1.49. The van der Waals surface area contributed by atoms with E-state index in [1.54, 1.807) is 27.4 Å². The van der Waals surface area contributed by atoms with E-state index in [2.05, 4.69) is 15.5 Å². The van der Waals surface area contributed by atoms with Gasteiger partial charge in [-0.1, -0.05) is 12.5 Å². The summed E-state index contributed by atoms with van der Waals surface area (Å²) >= 11 is 0. The van der Waals surface area contributed by atoms with Crippen LogP contribution in [-0.2, 0) is 11.2 Å². The van der Waals surface area contributed by atoms with Gasteiger partial charge in [-0.15, -0.1) is 0 Å². The lowest BCUT2D eigenvalue weighted by Gasteiger charge is -2.26. The molecule has 1 saturated heterocycles. The van der Waals surface area contributed by atoms with Crippen molar-refractivity contribution in [2.75, 3.05) is 52.8 Å². The summed E-state index contributed by atoms with van der Waals surface area (Å²) in [6.07, 6.45) is 5.08. The summed E-state index contributed by atoms with van der Waals surface area (Å²) in [7, 11) is 4.78. The smallest absolute Gasteiger partial charge is 0.217 e. The zero-order chi connectivity index (χ0) is 25.7. The summed E-state index contributed by atoms with van der Waals surface area (Å²) in [6, 6.07) is 7.10. The van der Waals surface area contributed by atoms with Gasteiger partial charge >= 0.3 is 0 Å². The van der Waals surface area contributed by atoms with Crippen molar-refractivity contribution in [2.45, 2.75) is 45.1 Å². The molecule has 4 rings (SSSR count). The Balaban J connectivity index is 1.79. The number of nitrogens with one attached hydrogen (secondary N) is 2. The van der Waals surface area contributed by atoms with Crippen molar-refractivity contribution in [3.8, 4) is 28.4 Å². The average Bonchev–Trinajstić information content (AvgIpc) is 3.12. The lowest BCUT2D eigenvalue weighted by atomic mass is 9.95. The minimum Gasteiger partial charge on any atom is -0.493 e. The maximum absolute atomic E-state index is 13.3. The molecule has 0 bridgehead atoms. The van der Waals surface area contributed by atoms with Crippen molar-refractivity contribution >= 4 is 11.6 Å². The summed E-state index contributed by atoms with van der Waals surface area (Å²) in [6.45, 7) is 5.33. The van der Waals surface area contributed by atoms with E-state index < -0.39 is 0 Å². The first-order chi connectivity index (χ1) is 17.5. The number of fused-ring (bicyclic) bond motifs is 3. The number of anilines is 1. The van der Waals surface area contributed by atoms with Crippen molar-refractivity contribution in [3.63, 3.8) is 0 Å². The van der Waals surface area contributed by atoms with Crippen LogP contribution in [-0.4, -0.2) is 58.3 Å². The van der Waals surface area contributed by atoms with Gasteiger partial charge in [0.05, 0.1) is 33.1 Å². The highest BCUT2D eigenvalue weighted by Gasteiger charge is 2.29. The predicted molar refractivity (Wildman–Crippen MR) is 141 cm³/mol. The molecule has 1 aliphatic heterocycles. The van der Waals surface area contributed by atoms with E-state index in [4.69, 9.17) is 14.2 Å². The van der Waals surface area contributed by atoms with Crippen molar-refractivity contribution in [2.24, 2.45) is 0 Å². The van der Waals surface area contributed by atoms with Gasteiger partial charge in [0.2, 0.25) is 17.1 Å². The summed E-state index contributed by atoms with van der Waals surface area (Å²) in [4.78, 5) is 27.9. The number of carbonyl (C=O) groups excluding carboxylic acids is 1. The molecule has 2 aromatic rings. The highest BCUT2D eigenvalue weighted by molar-refractivity contribution is 5.83. The lowest BCUT2D eigenvalue weighted by Crippen LogP contribution is -2.34. The van der Waals surface area contributed by atoms with Crippen molar-refractivity contribution in [1.82, 2.24) is 10.2 Å². The van der Waals surface area contributed by atoms with Gasteiger partial charge < -0.3 is 29.7 Å². The first-order valence-electron chi connectivity index (χ1n) is 12.7. The number of benzene rings is 1. The molecule has 1 fully saturated rings. The maximum Gasteiger partial charge on any atom is 0.217 e. The van der Waals surface area contributed by atoms with Gasteiger partial charge in [0.1, 0.15) is 0 Å². The molecule has 8 heteroatoms. The van der Waals surface area contributed by atoms with E-state index in [0.717, 1.165) is 41.9 Å². The Bertz CT molecular complexity index is 1160. The molecule has 0 aromatic heterocycles. The van der Waals surface area contributed by atoms with Crippen LogP contribution in [0.4, 0.5) is 5.69 Å². The minimum absolute atomic E-state index is 0.104. The Morgan fingerprint density at radius 2 is 1.78 bits per heavy atom. The van der Waals surface area contributed by atoms with Crippen LogP contribution < -0.4 is 30.3 Å². The molecule has 0 spiro atoms. The largest absolute Gasteiger partial charge is 0.493 e. The molecule has 1 heterocycles. The normalized spacial score (nSPS) is 17.3. The molecule has 1 amide bonds. The molecule has 2 aromatic carbocycles. The second-order valence-corrected chi connectivity index (χ2v) is 9.42. The topological polar surface area (TPSA) is 89.1 Å². The van der Waals surface area contributed by atoms with E-state index >= 15 is 0 Å². The number of ether oxygens (including phenoxy) is 3. The van der Waals surface area contributed by atoms with Crippen LogP contribution in [0.1, 0.15) is 49.8 Å². The van der Waals surface area contributed by atoms with Gasteiger partial charge in [-0.3, -0.25) is 9.59 Å². The van der Waals surface area contributed by atoms with Crippen LogP contribution >= 0.6 is 0 Å². The van der Waals surface area contributed by atoms with Crippen LogP contribution in [0.2, 0.25) is 0 Å². The number of rotatable bonds is 8. The molecule has 8 nitrogen and oxygen atoms in total. The van der Waals surface area contributed by atoms with Crippen LogP contribution in [0.15, 0.2) is 29.1 Å². The predicted octanol–water partition coefficient (Wildman–Crippen LogP) is 3.76. The Morgan fingerprint density at radius 1 is 1.03 bits per heavy atom. The Labute approximate surface area is 212 Å². The van der Waals surface area contributed by atoms with E-state index in [9.17, 15) is 9.59 Å². The first-order valence-corrected chi connectivity index (χ1v) is 12.7. The quantitative estimate of drug-likeness (QED) is 0.576. The molecule has 0 unspecified atom stereocenters. The van der Waals surface area contributed by atoms with E-state index in [1.807, 2.05) is 18.2 Å². The van der Waals surface area contributed by atoms with E-state index in [1.165, 1.54) is 26.2 Å². The summed E-state index contributed by atoms with van der Waals surface area (Å²) in [5, 5.41) is 6.40. The van der Waals surface area contributed by atoms with Gasteiger partial charge in [-0.05, 0) is 73.7 Å². The van der Waals surface area contributed by atoms with E-state index in [-0.39, 0.29) is 17.4 Å². The fraction of sp³-hybridized carbons (Fsp3) is 0.500. The van der Waals surface area contributed by atoms with Crippen LogP contribution in [0.3, 0.4) is 0 Å². The van der Waals surface area contributed by atoms with Gasteiger partial charge in [0, 0.05) is 25.6 Å². The monoisotopic (exact) mass is 495 g/mol. The average molecular weight is 496 g/mol. The number of likely N-dealkylation sites (tertiary alicyclic amines) is 1. The molecule has 2 N–H and O–H groups in total. The number of amides is 1. The third kappa shape index (κ3) is 5.43. The molecule has 2 aliphatic rings. The molecular formula is C28H37N3O5. The van der Waals surface area contributed by atoms with Gasteiger partial charge in [0.15, 0.2) is 11.5 Å². The molecule has 0 radical (unpaired) electrons. The van der Waals surface area contributed by atoms with Crippen molar-refractivity contribution < 1.29 is 19.0 Å². The third-order valence-electron chi connectivity index (χ3n) is 7.11. The zero-order valence-electron chi connectivity index (χ0n) is 21.7. The standard InChI is InChI=1S/C28H37N3O5/c1-18(32)30-22-10-8-19-16-25(34-2)27(35-3)28(36-4)26(19)20-9-11-23(24(33)17-21(20)22)29-12-15-31-13-6-5-7-14-31/h9,11,16-17,22H,5-8,10,12-15H2,1-4H3,(H,29,33)(H,30,32)/t22-/m0/s1. The molecule has 194 valence electrons. The fourth-order valence-electron chi connectivity index (χ4n) is 5.39. The molecule has 0 saturated carbocycles. The van der Waals surface area contributed by atoms with E-state index in [0.29, 0.717) is 42.3 Å². The van der Waals surface area contributed by atoms with Gasteiger partial charge in [-0.2, -0.15) is 0 Å². The number of piperidine rings is 1. The van der Waals surface area contributed by atoms with Gasteiger partial charge in [0.25, 0.3) is 0 Å². The maximum atomic E-state index is 13.3.